The van der Waals surface area contributed by atoms with Gasteiger partial charge in [-0.2, -0.15) is 0 Å². The zero-order chi connectivity index (χ0) is 15.4. The molecule has 1 aromatic carbocycles. The Labute approximate surface area is 122 Å². The second-order valence-corrected chi connectivity index (χ2v) is 4.94. The van der Waals surface area contributed by atoms with Crippen LogP contribution in [0.4, 0.5) is 16.2 Å². The molecule has 1 atom stereocenters. The van der Waals surface area contributed by atoms with Crippen LogP contribution in [0.5, 0.6) is 0 Å². The summed E-state index contributed by atoms with van der Waals surface area (Å²) in [5, 5.41) is 20.4. The second-order valence-electron chi connectivity index (χ2n) is 4.94. The molecule has 0 saturated heterocycles. The number of hydrogen-bond acceptors (Lipinski definition) is 4. The summed E-state index contributed by atoms with van der Waals surface area (Å²) < 4.78 is 0. The lowest BCUT2D eigenvalue weighted by molar-refractivity contribution is -0.146. The van der Waals surface area contributed by atoms with E-state index < -0.39 is 12.1 Å². The number of rotatable bonds is 4. The summed E-state index contributed by atoms with van der Waals surface area (Å²) in [6.07, 6.45) is -1.47. The van der Waals surface area contributed by atoms with Crippen molar-refractivity contribution in [3.05, 3.63) is 24.3 Å². The molecule has 0 radical (unpaired) electrons. The summed E-state index contributed by atoms with van der Waals surface area (Å²) in [7, 11) is 1.97. The van der Waals surface area contributed by atoms with Crippen LogP contribution in [0.25, 0.3) is 0 Å². The number of anilines is 2. The third-order valence-electron chi connectivity index (χ3n) is 3.47. The van der Waals surface area contributed by atoms with Crippen LogP contribution in [0.2, 0.25) is 0 Å². The van der Waals surface area contributed by atoms with Gasteiger partial charge in [-0.25, -0.2) is 9.59 Å². The van der Waals surface area contributed by atoms with E-state index in [1.807, 2.05) is 31.3 Å². The topological polar surface area (TPSA) is 93.1 Å². The number of carboxylic acid groups (broad SMARTS) is 1. The van der Waals surface area contributed by atoms with Gasteiger partial charge in [0.1, 0.15) is 0 Å². The van der Waals surface area contributed by atoms with Crippen molar-refractivity contribution in [3.63, 3.8) is 0 Å². The first-order valence-corrected chi connectivity index (χ1v) is 6.77. The third kappa shape index (κ3) is 3.43. The van der Waals surface area contributed by atoms with Crippen molar-refractivity contribution < 1.29 is 19.8 Å². The SMILES string of the molecule is CN1CCN(C(=O)NCC[C@H](O)C(=O)O)c2ccccc21. The number of aliphatic carboxylic acids is 1. The maximum Gasteiger partial charge on any atom is 0.332 e. The molecule has 2 rings (SSSR count). The van der Waals surface area contributed by atoms with Crippen LogP contribution >= 0.6 is 0 Å². The van der Waals surface area contributed by atoms with Crippen LogP contribution < -0.4 is 15.1 Å². The van der Waals surface area contributed by atoms with Gasteiger partial charge < -0.3 is 20.4 Å². The fourth-order valence-electron chi connectivity index (χ4n) is 2.25. The second kappa shape index (κ2) is 6.45. The van der Waals surface area contributed by atoms with Crippen molar-refractivity contribution in [2.24, 2.45) is 0 Å². The van der Waals surface area contributed by atoms with E-state index in [1.165, 1.54) is 0 Å². The zero-order valence-corrected chi connectivity index (χ0v) is 11.8. The molecule has 7 nitrogen and oxygen atoms in total. The van der Waals surface area contributed by atoms with Gasteiger partial charge in [-0.1, -0.05) is 12.1 Å². The number of likely N-dealkylation sites (N-methyl/N-ethyl adjacent to an activating group) is 1. The number of aliphatic hydroxyl groups is 1. The Morgan fingerprint density at radius 2 is 1.95 bits per heavy atom. The Morgan fingerprint density at radius 1 is 1.29 bits per heavy atom. The maximum absolute atomic E-state index is 12.2. The molecular weight excluding hydrogens is 274 g/mol. The van der Waals surface area contributed by atoms with Crippen LogP contribution in [-0.2, 0) is 4.79 Å². The summed E-state index contributed by atoms with van der Waals surface area (Å²) in [5.41, 5.74) is 1.80. The van der Waals surface area contributed by atoms with E-state index in [0.717, 1.165) is 17.9 Å². The summed E-state index contributed by atoms with van der Waals surface area (Å²) in [6.45, 7) is 1.39. The number of carboxylic acids is 1. The summed E-state index contributed by atoms with van der Waals surface area (Å²) >= 11 is 0. The summed E-state index contributed by atoms with van der Waals surface area (Å²) in [4.78, 5) is 26.4. The highest BCUT2D eigenvalue weighted by molar-refractivity contribution is 5.96. The van der Waals surface area contributed by atoms with Crippen molar-refractivity contribution >= 4 is 23.4 Å². The van der Waals surface area contributed by atoms with Gasteiger partial charge in [0.2, 0.25) is 0 Å². The maximum atomic E-state index is 12.2. The van der Waals surface area contributed by atoms with Gasteiger partial charge in [0.25, 0.3) is 0 Å². The molecule has 1 heterocycles. The number of nitrogens with zero attached hydrogens (tertiary/aromatic N) is 2. The molecule has 114 valence electrons. The van der Waals surface area contributed by atoms with Gasteiger partial charge in [-0.15, -0.1) is 0 Å². The molecule has 1 aromatic rings. The van der Waals surface area contributed by atoms with Gasteiger partial charge >= 0.3 is 12.0 Å². The number of carbonyl (C=O) groups is 2. The molecule has 0 bridgehead atoms. The molecule has 2 amide bonds. The largest absolute Gasteiger partial charge is 0.479 e. The van der Waals surface area contributed by atoms with Gasteiger partial charge in [-0.05, 0) is 12.1 Å². The van der Waals surface area contributed by atoms with E-state index in [-0.39, 0.29) is 19.0 Å². The number of urea groups is 1. The van der Waals surface area contributed by atoms with E-state index in [0.29, 0.717) is 6.54 Å². The Balaban J connectivity index is 1.98. The molecule has 3 N–H and O–H groups in total. The standard InChI is InChI=1S/C14H19N3O4/c1-16-8-9-17(11-5-3-2-4-10(11)16)14(21)15-7-6-12(18)13(19)20/h2-5,12,18H,6-9H2,1H3,(H,15,21)(H,19,20)/t12-/m0/s1. The summed E-state index contributed by atoms with van der Waals surface area (Å²) in [5.74, 6) is -1.28. The molecule has 0 saturated carbocycles. The van der Waals surface area contributed by atoms with Gasteiger partial charge in [0.05, 0.1) is 11.4 Å². The Kier molecular flexibility index (Phi) is 4.64. The first-order valence-electron chi connectivity index (χ1n) is 6.77. The molecule has 21 heavy (non-hydrogen) atoms. The number of benzene rings is 1. The molecule has 0 aliphatic carbocycles. The first-order chi connectivity index (χ1) is 10.0. The van der Waals surface area contributed by atoms with Crippen molar-refractivity contribution in [2.75, 3.05) is 36.5 Å². The molecule has 0 unspecified atom stereocenters. The molecule has 1 aliphatic heterocycles. The van der Waals surface area contributed by atoms with E-state index in [4.69, 9.17) is 5.11 Å². The first kappa shape index (κ1) is 15.1. The molecule has 0 fully saturated rings. The zero-order valence-electron chi connectivity index (χ0n) is 11.8. The molecule has 0 spiro atoms. The average molecular weight is 293 g/mol. The van der Waals surface area contributed by atoms with Crippen LogP contribution in [0.1, 0.15) is 6.42 Å². The monoisotopic (exact) mass is 293 g/mol. The number of amides is 2. The number of aliphatic hydroxyl groups excluding tert-OH is 1. The van der Waals surface area contributed by atoms with Crippen LogP contribution in [0.3, 0.4) is 0 Å². The molecule has 1 aliphatic rings. The van der Waals surface area contributed by atoms with E-state index in [9.17, 15) is 14.7 Å². The van der Waals surface area contributed by atoms with Crippen molar-refractivity contribution in [3.8, 4) is 0 Å². The van der Waals surface area contributed by atoms with Gasteiger partial charge in [0, 0.05) is 33.1 Å². The summed E-state index contributed by atoms with van der Waals surface area (Å²) in [6, 6.07) is 7.32. The highest BCUT2D eigenvalue weighted by atomic mass is 16.4. The lowest BCUT2D eigenvalue weighted by Gasteiger charge is -2.35. The smallest absolute Gasteiger partial charge is 0.332 e. The van der Waals surface area contributed by atoms with Gasteiger partial charge in [-0.3, -0.25) is 4.90 Å². The minimum absolute atomic E-state index is 0.0174. The van der Waals surface area contributed by atoms with Gasteiger partial charge in [0.15, 0.2) is 6.10 Å². The van der Waals surface area contributed by atoms with Crippen LogP contribution in [-0.4, -0.2) is 55.0 Å². The lowest BCUT2D eigenvalue weighted by atomic mass is 10.2. The third-order valence-corrected chi connectivity index (χ3v) is 3.47. The van der Waals surface area contributed by atoms with E-state index in [1.54, 1.807) is 4.90 Å². The van der Waals surface area contributed by atoms with Crippen LogP contribution in [0.15, 0.2) is 24.3 Å². The van der Waals surface area contributed by atoms with Crippen molar-refractivity contribution in [1.82, 2.24) is 5.32 Å². The predicted molar refractivity (Wildman–Crippen MR) is 78.7 cm³/mol. The Morgan fingerprint density at radius 3 is 2.62 bits per heavy atom. The lowest BCUT2D eigenvalue weighted by Crippen LogP contribution is -2.47. The highest BCUT2D eigenvalue weighted by Crippen LogP contribution is 2.31. The highest BCUT2D eigenvalue weighted by Gasteiger charge is 2.24. The molecular formula is C14H19N3O4. The number of para-hydroxylation sites is 2. The number of hydrogen-bond donors (Lipinski definition) is 3. The number of carbonyl (C=O) groups excluding carboxylic acids is 1. The fourth-order valence-corrected chi connectivity index (χ4v) is 2.25. The molecule has 0 aromatic heterocycles. The normalized spacial score (nSPS) is 15.3. The predicted octanol–water partition coefficient (Wildman–Crippen LogP) is 0.488. The Bertz CT molecular complexity index is 535. The van der Waals surface area contributed by atoms with Crippen LogP contribution in [0, 0.1) is 0 Å². The average Bonchev–Trinajstić information content (AvgIpc) is 2.47. The number of fused-ring (bicyclic) bond motifs is 1. The van der Waals surface area contributed by atoms with E-state index >= 15 is 0 Å². The Hall–Kier alpha value is -2.28. The minimum Gasteiger partial charge on any atom is -0.479 e. The van der Waals surface area contributed by atoms with Crippen molar-refractivity contribution in [2.45, 2.75) is 12.5 Å². The number of nitrogens with one attached hydrogen (secondary N) is 1. The van der Waals surface area contributed by atoms with Crippen molar-refractivity contribution in [1.29, 1.82) is 0 Å². The molecule has 7 heteroatoms. The van der Waals surface area contributed by atoms with E-state index in [2.05, 4.69) is 10.2 Å². The fraction of sp³-hybridized carbons (Fsp3) is 0.429. The minimum atomic E-state index is -1.45. The quantitative estimate of drug-likeness (QED) is 0.751.